The Balaban J connectivity index is 1.92. The van der Waals surface area contributed by atoms with Crippen molar-refractivity contribution in [2.45, 2.75) is 64.8 Å². The second-order valence-electron chi connectivity index (χ2n) is 7.65. The maximum Gasteiger partial charge on any atom is 0.329 e. The molecule has 0 aromatic heterocycles. The molecule has 2 N–H and O–H groups in total. The van der Waals surface area contributed by atoms with Crippen LogP contribution in [0.5, 0.6) is 0 Å². The van der Waals surface area contributed by atoms with Crippen LogP contribution in [0.15, 0.2) is 0 Å². The van der Waals surface area contributed by atoms with Crippen LogP contribution in [0.1, 0.15) is 59.3 Å². The van der Waals surface area contributed by atoms with E-state index in [1.165, 1.54) is 0 Å². The number of carboxylic acids is 1. The van der Waals surface area contributed by atoms with E-state index in [0.717, 1.165) is 38.8 Å². The number of urea groups is 1. The van der Waals surface area contributed by atoms with Gasteiger partial charge in [0.25, 0.3) is 0 Å². The molecule has 0 aromatic carbocycles. The number of amides is 2. The van der Waals surface area contributed by atoms with E-state index in [1.54, 1.807) is 4.90 Å². The third kappa shape index (κ3) is 3.50. The fourth-order valence-electron chi connectivity index (χ4n) is 3.60. The lowest BCUT2D eigenvalue weighted by atomic mass is 9.75. The highest BCUT2D eigenvalue weighted by atomic mass is 16.4. The highest BCUT2D eigenvalue weighted by Gasteiger charge is 2.43. The SMILES string of the molecule is CC(C)(C)C1CCN(C(=O)NC2(C(=O)O)CCCC2)CC1. The summed E-state index contributed by atoms with van der Waals surface area (Å²) in [5, 5.41) is 12.2. The summed E-state index contributed by atoms with van der Waals surface area (Å²) < 4.78 is 0. The van der Waals surface area contributed by atoms with Gasteiger partial charge < -0.3 is 15.3 Å². The normalized spacial score (nSPS) is 23.1. The molecule has 2 aliphatic rings. The summed E-state index contributed by atoms with van der Waals surface area (Å²) in [6.45, 7) is 8.18. The van der Waals surface area contributed by atoms with E-state index in [-0.39, 0.29) is 11.4 Å². The average Bonchev–Trinajstić information content (AvgIpc) is 2.88. The van der Waals surface area contributed by atoms with E-state index in [4.69, 9.17) is 0 Å². The molecule has 5 nitrogen and oxygen atoms in total. The quantitative estimate of drug-likeness (QED) is 0.823. The van der Waals surface area contributed by atoms with Gasteiger partial charge in [-0.3, -0.25) is 0 Å². The number of hydrogen-bond acceptors (Lipinski definition) is 2. The van der Waals surface area contributed by atoms with Crippen LogP contribution >= 0.6 is 0 Å². The lowest BCUT2D eigenvalue weighted by Gasteiger charge is -2.39. The summed E-state index contributed by atoms with van der Waals surface area (Å²) in [4.78, 5) is 25.6. The molecule has 0 atom stereocenters. The molecule has 1 saturated heterocycles. The van der Waals surface area contributed by atoms with Crippen molar-refractivity contribution in [1.82, 2.24) is 10.2 Å². The summed E-state index contributed by atoms with van der Waals surface area (Å²) in [6.07, 6.45) is 4.84. The molecule has 21 heavy (non-hydrogen) atoms. The maximum atomic E-state index is 12.4. The van der Waals surface area contributed by atoms with Crippen molar-refractivity contribution in [1.29, 1.82) is 0 Å². The second kappa shape index (κ2) is 5.85. The van der Waals surface area contributed by atoms with Gasteiger partial charge in [0.1, 0.15) is 5.54 Å². The number of aliphatic carboxylic acids is 1. The molecule has 0 bridgehead atoms. The first-order valence-corrected chi connectivity index (χ1v) is 8.05. The van der Waals surface area contributed by atoms with Crippen LogP contribution in [0, 0.1) is 11.3 Å². The molecule has 0 aromatic rings. The minimum Gasteiger partial charge on any atom is -0.480 e. The van der Waals surface area contributed by atoms with Crippen molar-refractivity contribution >= 4 is 12.0 Å². The van der Waals surface area contributed by atoms with Crippen molar-refractivity contribution in [3.05, 3.63) is 0 Å². The summed E-state index contributed by atoms with van der Waals surface area (Å²) >= 11 is 0. The summed E-state index contributed by atoms with van der Waals surface area (Å²) in [5.74, 6) is -0.264. The van der Waals surface area contributed by atoms with Gasteiger partial charge in [0.05, 0.1) is 0 Å². The zero-order valence-electron chi connectivity index (χ0n) is 13.4. The number of carbonyl (C=O) groups excluding carboxylic acids is 1. The third-order valence-corrected chi connectivity index (χ3v) is 5.22. The number of rotatable bonds is 2. The Morgan fingerprint density at radius 3 is 2.10 bits per heavy atom. The Kier molecular flexibility index (Phi) is 4.49. The predicted octanol–water partition coefficient (Wildman–Crippen LogP) is 2.85. The Bertz CT molecular complexity index is 400. The molecule has 2 amide bonds. The largest absolute Gasteiger partial charge is 0.480 e. The maximum absolute atomic E-state index is 12.4. The second-order valence-corrected chi connectivity index (χ2v) is 7.65. The summed E-state index contributed by atoms with van der Waals surface area (Å²) in [5.41, 5.74) is -0.756. The van der Waals surface area contributed by atoms with Gasteiger partial charge >= 0.3 is 12.0 Å². The average molecular weight is 296 g/mol. The van der Waals surface area contributed by atoms with Gasteiger partial charge in [-0.25, -0.2) is 9.59 Å². The number of nitrogens with one attached hydrogen (secondary N) is 1. The smallest absolute Gasteiger partial charge is 0.329 e. The van der Waals surface area contributed by atoms with Crippen LogP contribution in [-0.2, 0) is 4.79 Å². The van der Waals surface area contributed by atoms with E-state index in [1.807, 2.05) is 0 Å². The van der Waals surface area contributed by atoms with Crippen LogP contribution in [0.4, 0.5) is 4.79 Å². The lowest BCUT2D eigenvalue weighted by Crippen LogP contribution is -2.57. The molecule has 1 heterocycles. The first kappa shape index (κ1) is 16.1. The van der Waals surface area contributed by atoms with Gasteiger partial charge in [-0.1, -0.05) is 33.6 Å². The monoisotopic (exact) mass is 296 g/mol. The van der Waals surface area contributed by atoms with Gasteiger partial charge in [-0.2, -0.15) is 0 Å². The summed E-state index contributed by atoms with van der Waals surface area (Å²) in [6, 6.07) is -0.202. The van der Waals surface area contributed by atoms with Gasteiger partial charge in [0, 0.05) is 13.1 Å². The highest BCUT2D eigenvalue weighted by molar-refractivity contribution is 5.86. The van der Waals surface area contributed by atoms with E-state index in [9.17, 15) is 14.7 Å². The zero-order valence-corrected chi connectivity index (χ0v) is 13.4. The third-order valence-electron chi connectivity index (χ3n) is 5.22. The first-order valence-electron chi connectivity index (χ1n) is 8.05. The van der Waals surface area contributed by atoms with Crippen molar-refractivity contribution < 1.29 is 14.7 Å². The number of piperidine rings is 1. The van der Waals surface area contributed by atoms with Gasteiger partial charge in [0.2, 0.25) is 0 Å². The fourth-order valence-corrected chi connectivity index (χ4v) is 3.60. The predicted molar refractivity (Wildman–Crippen MR) is 81.1 cm³/mol. The minimum atomic E-state index is -1.03. The van der Waals surface area contributed by atoms with Crippen molar-refractivity contribution in [2.24, 2.45) is 11.3 Å². The Morgan fingerprint density at radius 1 is 1.14 bits per heavy atom. The van der Waals surface area contributed by atoms with Crippen molar-refractivity contribution in [3.63, 3.8) is 0 Å². The van der Waals surface area contributed by atoms with Gasteiger partial charge in [-0.05, 0) is 37.0 Å². The van der Waals surface area contributed by atoms with Gasteiger partial charge in [-0.15, -0.1) is 0 Å². The van der Waals surface area contributed by atoms with E-state index in [2.05, 4.69) is 26.1 Å². The van der Waals surface area contributed by atoms with E-state index < -0.39 is 11.5 Å². The molecule has 1 aliphatic heterocycles. The standard InChI is InChI=1S/C16H28N2O3/c1-15(2,3)12-6-10-18(11-7-12)14(21)17-16(13(19)20)8-4-5-9-16/h12H,4-11H2,1-3H3,(H,17,21)(H,19,20). The van der Waals surface area contributed by atoms with Gasteiger partial charge in [0.15, 0.2) is 0 Å². The van der Waals surface area contributed by atoms with Crippen molar-refractivity contribution in [2.75, 3.05) is 13.1 Å². The molecule has 0 unspecified atom stereocenters. The molecule has 1 aliphatic carbocycles. The minimum absolute atomic E-state index is 0.202. The van der Waals surface area contributed by atoms with E-state index >= 15 is 0 Å². The number of carboxylic acid groups (broad SMARTS) is 1. The topological polar surface area (TPSA) is 69.6 Å². The Morgan fingerprint density at radius 2 is 1.67 bits per heavy atom. The van der Waals surface area contributed by atoms with Crippen LogP contribution in [-0.4, -0.2) is 40.6 Å². The fraction of sp³-hybridized carbons (Fsp3) is 0.875. The van der Waals surface area contributed by atoms with Crippen LogP contribution in [0.25, 0.3) is 0 Å². The van der Waals surface area contributed by atoms with Crippen LogP contribution < -0.4 is 5.32 Å². The van der Waals surface area contributed by atoms with Crippen LogP contribution in [0.2, 0.25) is 0 Å². The van der Waals surface area contributed by atoms with Crippen molar-refractivity contribution in [3.8, 4) is 0 Å². The molecule has 120 valence electrons. The lowest BCUT2D eigenvalue weighted by molar-refractivity contribution is -0.144. The summed E-state index contributed by atoms with van der Waals surface area (Å²) in [7, 11) is 0. The van der Waals surface area contributed by atoms with E-state index in [0.29, 0.717) is 18.8 Å². The van der Waals surface area contributed by atoms with Crippen LogP contribution in [0.3, 0.4) is 0 Å². The highest BCUT2D eigenvalue weighted by Crippen LogP contribution is 2.35. The number of carbonyl (C=O) groups is 2. The first-order chi connectivity index (χ1) is 9.74. The number of hydrogen-bond donors (Lipinski definition) is 2. The molecule has 0 spiro atoms. The Labute approximate surface area is 127 Å². The molecule has 2 rings (SSSR count). The molecule has 0 radical (unpaired) electrons. The molecular weight excluding hydrogens is 268 g/mol. The molecular formula is C16H28N2O3. The number of nitrogens with zero attached hydrogens (tertiary/aromatic N) is 1. The molecule has 2 fully saturated rings. The Hall–Kier alpha value is -1.26. The zero-order chi connectivity index (χ0) is 15.7. The number of likely N-dealkylation sites (tertiary alicyclic amines) is 1. The molecule has 1 saturated carbocycles. The molecule has 5 heteroatoms.